The van der Waals surface area contributed by atoms with E-state index in [9.17, 15) is 4.79 Å². The zero-order chi connectivity index (χ0) is 19.0. The molecule has 1 unspecified atom stereocenters. The molecule has 2 aromatic heterocycles. The maximum Gasteiger partial charge on any atom is 0.256 e. The van der Waals surface area contributed by atoms with E-state index in [1.165, 1.54) is 11.8 Å². The largest absolute Gasteiger partial charge is 0.464 e. The number of allylic oxidation sites excluding steroid dienone is 1. The van der Waals surface area contributed by atoms with Crippen LogP contribution in [0.5, 0.6) is 0 Å². The lowest BCUT2D eigenvalue weighted by Gasteiger charge is -2.27. The van der Waals surface area contributed by atoms with Gasteiger partial charge in [-0.05, 0) is 44.4 Å². The summed E-state index contributed by atoms with van der Waals surface area (Å²) in [6, 6.07) is 12.6. The summed E-state index contributed by atoms with van der Waals surface area (Å²) in [7, 11) is 0. The molecule has 1 amide bonds. The van der Waals surface area contributed by atoms with Crippen molar-refractivity contribution in [3.8, 4) is 0 Å². The molecule has 4 rings (SSSR count). The van der Waals surface area contributed by atoms with Gasteiger partial charge in [-0.2, -0.15) is 4.98 Å². The first-order chi connectivity index (χ1) is 13.1. The van der Waals surface area contributed by atoms with Gasteiger partial charge < -0.3 is 15.1 Å². The summed E-state index contributed by atoms with van der Waals surface area (Å²) < 4.78 is 7.57. The van der Waals surface area contributed by atoms with Gasteiger partial charge in [0, 0.05) is 11.4 Å². The molecule has 27 heavy (non-hydrogen) atoms. The number of aromatic nitrogens is 3. The van der Waals surface area contributed by atoms with Crippen molar-refractivity contribution in [1.82, 2.24) is 14.8 Å². The maximum atomic E-state index is 13.1. The third kappa shape index (κ3) is 3.23. The molecule has 0 spiro atoms. The number of anilines is 2. The van der Waals surface area contributed by atoms with Crippen LogP contribution in [0, 0.1) is 6.92 Å². The van der Waals surface area contributed by atoms with Gasteiger partial charge >= 0.3 is 0 Å². The summed E-state index contributed by atoms with van der Waals surface area (Å²) in [6.45, 7) is 3.74. The van der Waals surface area contributed by atoms with E-state index in [1.54, 1.807) is 4.68 Å². The molecule has 2 N–H and O–H groups in total. The molecule has 1 atom stereocenters. The number of amides is 1. The predicted octanol–water partition coefficient (Wildman–Crippen LogP) is 3.83. The Bertz CT molecular complexity index is 1020. The number of benzene rings is 1. The number of thioether (sulfide) groups is 1. The number of rotatable bonds is 4. The molecule has 8 heteroatoms. The quantitative estimate of drug-likeness (QED) is 0.668. The number of fused-ring (bicyclic) bond motifs is 1. The SMILES string of the molecule is CSc1nc2n(n1)C(c1ccc(C)o1)C(C(=O)Nc1ccccc1)=C(C)N2. The van der Waals surface area contributed by atoms with Crippen molar-refractivity contribution in [3.63, 3.8) is 0 Å². The first kappa shape index (κ1) is 17.4. The molecule has 0 saturated heterocycles. The lowest BCUT2D eigenvalue weighted by molar-refractivity contribution is -0.113. The Labute approximate surface area is 160 Å². The van der Waals surface area contributed by atoms with Gasteiger partial charge in [-0.15, -0.1) is 5.10 Å². The predicted molar refractivity (Wildman–Crippen MR) is 105 cm³/mol. The van der Waals surface area contributed by atoms with Crippen LogP contribution in [0.4, 0.5) is 11.6 Å². The van der Waals surface area contributed by atoms with Crippen molar-refractivity contribution in [2.45, 2.75) is 25.0 Å². The van der Waals surface area contributed by atoms with Gasteiger partial charge in [-0.3, -0.25) is 4.79 Å². The molecule has 3 heterocycles. The molecular formula is C19H19N5O2S. The minimum Gasteiger partial charge on any atom is -0.464 e. The highest BCUT2D eigenvalue weighted by Gasteiger charge is 2.36. The lowest BCUT2D eigenvalue weighted by Crippen LogP contribution is -2.31. The van der Waals surface area contributed by atoms with Crippen LogP contribution in [-0.2, 0) is 4.79 Å². The third-order valence-electron chi connectivity index (χ3n) is 4.32. The van der Waals surface area contributed by atoms with Gasteiger partial charge in [-0.25, -0.2) is 4.68 Å². The second-order valence-electron chi connectivity index (χ2n) is 6.20. The van der Waals surface area contributed by atoms with E-state index in [2.05, 4.69) is 20.7 Å². The van der Waals surface area contributed by atoms with Crippen LogP contribution in [0.15, 0.2) is 63.3 Å². The number of nitrogens with zero attached hydrogens (tertiary/aromatic N) is 3. The monoisotopic (exact) mass is 381 g/mol. The van der Waals surface area contributed by atoms with Crippen LogP contribution in [0.2, 0.25) is 0 Å². The van der Waals surface area contributed by atoms with Gasteiger partial charge in [0.15, 0.2) is 0 Å². The number of aryl methyl sites for hydroxylation is 1. The molecule has 0 aliphatic carbocycles. The first-order valence-corrected chi connectivity index (χ1v) is 9.70. The number of carbonyl (C=O) groups excluding carboxylic acids is 1. The van der Waals surface area contributed by atoms with Crippen LogP contribution in [0.1, 0.15) is 24.5 Å². The molecule has 7 nitrogen and oxygen atoms in total. The Morgan fingerprint density at radius 3 is 2.67 bits per heavy atom. The van der Waals surface area contributed by atoms with Crippen LogP contribution in [0.3, 0.4) is 0 Å². The summed E-state index contributed by atoms with van der Waals surface area (Å²) in [5, 5.41) is 11.3. The lowest BCUT2D eigenvalue weighted by atomic mass is 10.00. The van der Waals surface area contributed by atoms with Gasteiger partial charge in [0.25, 0.3) is 5.91 Å². The highest BCUT2D eigenvalue weighted by Crippen LogP contribution is 2.37. The fourth-order valence-electron chi connectivity index (χ4n) is 3.10. The second kappa shape index (κ2) is 6.96. The van der Waals surface area contributed by atoms with E-state index in [4.69, 9.17) is 4.42 Å². The molecular weight excluding hydrogens is 362 g/mol. The van der Waals surface area contributed by atoms with Gasteiger partial charge in [0.1, 0.15) is 17.6 Å². The fraction of sp³-hybridized carbons (Fsp3) is 0.211. The molecule has 1 aliphatic heterocycles. The Morgan fingerprint density at radius 2 is 2.00 bits per heavy atom. The maximum absolute atomic E-state index is 13.1. The number of carbonyl (C=O) groups is 1. The van der Waals surface area contributed by atoms with E-state index >= 15 is 0 Å². The first-order valence-electron chi connectivity index (χ1n) is 8.48. The topological polar surface area (TPSA) is 85.0 Å². The summed E-state index contributed by atoms with van der Waals surface area (Å²) in [5.74, 6) is 1.80. The van der Waals surface area contributed by atoms with Crippen molar-refractivity contribution < 1.29 is 9.21 Å². The minimum atomic E-state index is -0.493. The normalized spacial score (nSPS) is 16.0. The van der Waals surface area contributed by atoms with Crippen molar-refractivity contribution in [1.29, 1.82) is 0 Å². The molecule has 1 aromatic carbocycles. The molecule has 0 radical (unpaired) electrons. The van der Waals surface area contributed by atoms with Crippen molar-refractivity contribution >= 4 is 29.3 Å². The second-order valence-corrected chi connectivity index (χ2v) is 6.97. The van der Waals surface area contributed by atoms with E-state index in [1.807, 2.05) is 62.6 Å². The minimum absolute atomic E-state index is 0.211. The zero-order valence-corrected chi connectivity index (χ0v) is 16.0. The molecule has 3 aromatic rings. The van der Waals surface area contributed by atoms with Crippen molar-refractivity contribution in [2.75, 3.05) is 16.9 Å². The molecule has 1 aliphatic rings. The summed E-state index contributed by atoms with van der Waals surface area (Å²) in [4.78, 5) is 17.6. The standard InChI is InChI=1S/C19H19N5O2S/c1-11-9-10-14(26-11)16-15(17(25)21-13-7-5-4-6-8-13)12(2)20-18-22-19(27-3)23-24(16)18/h4-10,16H,1-3H3,(H,21,25)(H,20,22,23). The zero-order valence-electron chi connectivity index (χ0n) is 15.2. The fourth-order valence-corrected chi connectivity index (χ4v) is 3.44. The summed E-state index contributed by atoms with van der Waals surface area (Å²) >= 11 is 1.45. The smallest absolute Gasteiger partial charge is 0.256 e. The van der Waals surface area contributed by atoms with Crippen LogP contribution in [0.25, 0.3) is 0 Å². The highest BCUT2D eigenvalue weighted by molar-refractivity contribution is 7.98. The van der Waals surface area contributed by atoms with Crippen LogP contribution in [-0.4, -0.2) is 26.9 Å². The Hall–Kier alpha value is -3.00. The number of nitrogens with one attached hydrogen (secondary N) is 2. The van der Waals surface area contributed by atoms with Gasteiger partial charge in [0.2, 0.25) is 11.1 Å². The third-order valence-corrected chi connectivity index (χ3v) is 4.86. The average molecular weight is 381 g/mol. The van der Waals surface area contributed by atoms with Crippen molar-refractivity contribution in [2.24, 2.45) is 0 Å². The number of hydrogen-bond acceptors (Lipinski definition) is 6. The molecule has 0 saturated carbocycles. The van der Waals surface area contributed by atoms with Crippen LogP contribution >= 0.6 is 11.8 Å². The van der Waals surface area contributed by atoms with Gasteiger partial charge in [-0.1, -0.05) is 30.0 Å². The van der Waals surface area contributed by atoms with E-state index < -0.39 is 6.04 Å². The van der Waals surface area contributed by atoms with Crippen molar-refractivity contribution in [3.05, 3.63) is 65.3 Å². The highest BCUT2D eigenvalue weighted by atomic mass is 32.2. The number of hydrogen-bond donors (Lipinski definition) is 2. The number of para-hydroxylation sites is 1. The van der Waals surface area contributed by atoms with Gasteiger partial charge in [0.05, 0.1) is 5.57 Å². The van der Waals surface area contributed by atoms with E-state index in [0.29, 0.717) is 22.4 Å². The Kier molecular flexibility index (Phi) is 4.49. The molecule has 138 valence electrons. The van der Waals surface area contributed by atoms with E-state index in [-0.39, 0.29) is 5.91 Å². The average Bonchev–Trinajstić information content (AvgIpc) is 3.27. The Morgan fingerprint density at radius 1 is 1.22 bits per heavy atom. The van der Waals surface area contributed by atoms with Crippen LogP contribution < -0.4 is 10.6 Å². The van der Waals surface area contributed by atoms with E-state index in [0.717, 1.165) is 17.1 Å². The summed E-state index contributed by atoms with van der Waals surface area (Å²) in [5.41, 5.74) is 1.99. The molecule has 0 bridgehead atoms. The summed E-state index contributed by atoms with van der Waals surface area (Å²) in [6.07, 6.45) is 1.91. The number of furan rings is 1. The Balaban J connectivity index is 1.78. The molecule has 0 fully saturated rings.